The number of hydrogen-bond acceptors (Lipinski definition) is 4. The molecule has 0 radical (unpaired) electrons. The van der Waals surface area contributed by atoms with Crippen LogP contribution in [0.4, 0.5) is 10.1 Å². The van der Waals surface area contributed by atoms with Crippen LogP contribution >= 0.6 is 0 Å². The number of aliphatic hydroxyl groups excluding tert-OH is 1. The number of rotatable bonds is 5. The van der Waals surface area contributed by atoms with Crippen LogP contribution in [0, 0.1) is 11.2 Å². The number of aryl methyl sites for hydroxylation is 1. The van der Waals surface area contributed by atoms with Gasteiger partial charge in [-0.3, -0.25) is 4.79 Å². The van der Waals surface area contributed by atoms with Gasteiger partial charge in [0.25, 0.3) is 5.91 Å². The number of anilines is 1. The minimum atomic E-state index is -0.791. The van der Waals surface area contributed by atoms with Crippen molar-refractivity contribution in [2.75, 3.05) is 5.32 Å². The molecule has 0 bridgehead atoms. The highest BCUT2D eigenvalue weighted by Gasteiger charge is 2.31. The SMILES string of the molecule is CCc1nn(-c2cc(F)c(C(N)=O)c(N[C@H]3CC[C@H](O)CC3)c2)c2c1CCC(C)(C)C2. The summed E-state index contributed by atoms with van der Waals surface area (Å²) < 4.78 is 17.0. The van der Waals surface area contributed by atoms with Gasteiger partial charge in [0.05, 0.1) is 28.7 Å². The number of amides is 1. The largest absolute Gasteiger partial charge is 0.393 e. The van der Waals surface area contributed by atoms with Crippen LogP contribution in [-0.2, 0) is 19.3 Å². The van der Waals surface area contributed by atoms with Crippen molar-refractivity contribution in [3.63, 3.8) is 0 Å². The van der Waals surface area contributed by atoms with Gasteiger partial charge in [-0.15, -0.1) is 0 Å². The zero-order valence-corrected chi connectivity index (χ0v) is 18.7. The van der Waals surface area contributed by atoms with E-state index in [9.17, 15) is 9.90 Å². The highest BCUT2D eigenvalue weighted by Crippen LogP contribution is 2.38. The molecular weight excluding hydrogens is 395 g/mol. The van der Waals surface area contributed by atoms with Crippen LogP contribution in [0.3, 0.4) is 0 Å². The van der Waals surface area contributed by atoms with Gasteiger partial charge in [0.15, 0.2) is 0 Å². The van der Waals surface area contributed by atoms with E-state index in [4.69, 9.17) is 10.8 Å². The summed E-state index contributed by atoms with van der Waals surface area (Å²) in [6.07, 6.45) is 6.39. The lowest BCUT2D eigenvalue weighted by Crippen LogP contribution is -2.30. The molecule has 7 heteroatoms. The second-order valence-corrected chi connectivity index (χ2v) is 9.84. The summed E-state index contributed by atoms with van der Waals surface area (Å²) in [4.78, 5) is 12.0. The Labute approximate surface area is 183 Å². The molecule has 0 aliphatic heterocycles. The van der Waals surface area contributed by atoms with Crippen molar-refractivity contribution in [2.45, 2.75) is 84.3 Å². The second kappa shape index (κ2) is 8.26. The van der Waals surface area contributed by atoms with Crippen LogP contribution in [-0.4, -0.2) is 32.9 Å². The second-order valence-electron chi connectivity index (χ2n) is 9.84. The molecule has 1 aromatic heterocycles. The molecule has 2 aromatic rings. The van der Waals surface area contributed by atoms with Crippen LogP contribution in [0.1, 0.15) is 80.2 Å². The number of halogens is 1. The lowest BCUT2D eigenvalue weighted by Gasteiger charge is -2.30. The van der Waals surface area contributed by atoms with E-state index in [-0.39, 0.29) is 23.1 Å². The molecule has 0 atom stereocenters. The third-order valence-corrected chi connectivity index (χ3v) is 6.83. The van der Waals surface area contributed by atoms with Gasteiger partial charge in [-0.25, -0.2) is 9.07 Å². The zero-order valence-electron chi connectivity index (χ0n) is 18.7. The lowest BCUT2D eigenvalue weighted by atomic mass is 9.76. The first-order valence-corrected chi connectivity index (χ1v) is 11.4. The summed E-state index contributed by atoms with van der Waals surface area (Å²) in [6.45, 7) is 6.59. The minimum absolute atomic E-state index is 0.0628. The van der Waals surface area contributed by atoms with Gasteiger partial charge in [0.2, 0.25) is 0 Å². The summed E-state index contributed by atoms with van der Waals surface area (Å²) >= 11 is 0. The van der Waals surface area contributed by atoms with E-state index in [0.717, 1.165) is 49.9 Å². The van der Waals surface area contributed by atoms with Crippen molar-refractivity contribution in [2.24, 2.45) is 11.1 Å². The molecule has 4 N–H and O–H groups in total. The minimum Gasteiger partial charge on any atom is -0.393 e. The summed E-state index contributed by atoms with van der Waals surface area (Å²) in [5.41, 5.74) is 10.0. The van der Waals surface area contributed by atoms with E-state index in [2.05, 4.69) is 26.1 Å². The van der Waals surface area contributed by atoms with E-state index in [1.807, 2.05) is 4.68 Å². The fourth-order valence-electron chi connectivity index (χ4n) is 5.03. The van der Waals surface area contributed by atoms with Gasteiger partial charge in [0, 0.05) is 17.8 Å². The summed E-state index contributed by atoms with van der Waals surface area (Å²) in [5.74, 6) is -1.43. The number of carbonyl (C=O) groups is 1. The Morgan fingerprint density at radius 1 is 1.32 bits per heavy atom. The number of primary amides is 1. The molecule has 0 spiro atoms. The number of carbonyl (C=O) groups excluding carboxylic acids is 1. The normalized spacial score (nSPS) is 22.7. The maximum atomic E-state index is 15.1. The van der Waals surface area contributed by atoms with Gasteiger partial charge in [-0.1, -0.05) is 20.8 Å². The molecule has 2 aliphatic carbocycles. The Morgan fingerprint density at radius 2 is 2.03 bits per heavy atom. The molecule has 0 saturated heterocycles. The van der Waals surface area contributed by atoms with Crippen molar-refractivity contribution in [3.05, 3.63) is 40.5 Å². The molecule has 1 saturated carbocycles. The number of aliphatic hydroxyl groups is 1. The molecule has 1 aromatic carbocycles. The van der Waals surface area contributed by atoms with Crippen LogP contribution < -0.4 is 11.1 Å². The average Bonchev–Trinajstić information content (AvgIpc) is 3.05. The van der Waals surface area contributed by atoms with Crippen molar-refractivity contribution in [3.8, 4) is 5.69 Å². The molecule has 2 aliphatic rings. The Bertz CT molecular complexity index is 990. The predicted molar refractivity (Wildman–Crippen MR) is 119 cm³/mol. The fourth-order valence-corrected chi connectivity index (χ4v) is 5.03. The van der Waals surface area contributed by atoms with Crippen molar-refractivity contribution in [1.29, 1.82) is 0 Å². The van der Waals surface area contributed by atoms with Gasteiger partial charge in [0.1, 0.15) is 5.82 Å². The number of nitrogens with zero attached hydrogens (tertiary/aromatic N) is 2. The highest BCUT2D eigenvalue weighted by atomic mass is 19.1. The maximum absolute atomic E-state index is 15.1. The topological polar surface area (TPSA) is 93.2 Å². The standard InChI is InChI=1S/C24H33FN4O2/c1-4-19-17-9-10-24(2,3)13-21(17)29(28-19)15-11-18(25)22(23(26)31)20(12-15)27-14-5-7-16(30)8-6-14/h11-12,14,16,27,30H,4-10,13H2,1-3H3,(H2,26,31)/t14-,16-. The number of aromatic nitrogens is 2. The van der Waals surface area contributed by atoms with E-state index in [0.29, 0.717) is 24.2 Å². The molecule has 1 heterocycles. The third-order valence-electron chi connectivity index (χ3n) is 6.83. The van der Waals surface area contributed by atoms with E-state index in [1.165, 1.54) is 11.6 Å². The molecule has 168 valence electrons. The molecule has 0 unspecified atom stereocenters. The molecule has 1 amide bonds. The predicted octanol–water partition coefficient (Wildman–Crippen LogP) is 3.90. The number of nitrogens with one attached hydrogen (secondary N) is 1. The van der Waals surface area contributed by atoms with Gasteiger partial charge < -0.3 is 16.2 Å². The number of nitrogens with two attached hydrogens (primary N) is 1. The summed E-state index contributed by atoms with van der Waals surface area (Å²) in [7, 11) is 0. The zero-order chi connectivity index (χ0) is 22.3. The number of benzene rings is 1. The van der Waals surface area contributed by atoms with Crippen LogP contribution in [0.5, 0.6) is 0 Å². The van der Waals surface area contributed by atoms with E-state index >= 15 is 4.39 Å². The highest BCUT2D eigenvalue weighted by molar-refractivity contribution is 5.99. The molecule has 6 nitrogen and oxygen atoms in total. The average molecular weight is 429 g/mol. The van der Waals surface area contributed by atoms with Crippen molar-refractivity contribution >= 4 is 11.6 Å². The fraction of sp³-hybridized carbons (Fsp3) is 0.583. The summed E-state index contributed by atoms with van der Waals surface area (Å²) in [6, 6.07) is 3.22. The van der Waals surface area contributed by atoms with E-state index < -0.39 is 11.7 Å². The maximum Gasteiger partial charge on any atom is 0.253 e. The summed E-state index contributed by atoms with van der Waals surface area (Å²) in [5, 5.41) is 17.9. The van der Waals surface area contributed by atoms with Gasteiger partial charge >= 0.3 is 0 Å². The molecule has 1 fully saturated rings. The smallest absolute Gasteiger partial charge is 0.253 e. The molecule has 4 rings (SSSR count). The Hall–Kier alpha value is -2.41. The van der Waals surface area contributed by atoms with Crippen LogP contribution in [0.2, 0.25) is 0 Å². The van der Waals surface area contributed by atoms with Gasteiger partial charge in [-0.2, -0.15) is 5.10 Å². The Morgan fingerprint density at radius 3 is 2.68 bits per heavy atom. The number of fused-ring (bicyclic) bond motifs is 1. The Balaban J connectivity index is 1.77. The van der Waals surface area contributed by atoms with Crippen molar-refractivity contribution < 1.29 is 14.3 Å². The van der Waals surface area contributed by atoms with Crippen LogP contribution in [0.25, 0.3) is 5.69 Å². The monoisotopic (exact) mass is 428 g/mol. The number of hydrogen-bond donors (Lipinski definition) is 3. The van der Waals surface area contributed by atoms with Crippen LogP contribution in [0.15, 0.2) is 12.1 Å². The molecular formula is C24H33FN4O2. The third kappa shape index (κ3) is 4.33. The van der Waals surface area contributed by atoms with Gasteiger partial charge in [-0.05, 0) is 68.4 Å². The molecule has 31 heavy (non-hydrogen) atoms. The Kier molecular flexibility index (Phi) is 5.81. The first kappa shape index (κ1) is 21.8. The van der Waals surface area contributed by atoms with Crippen molar-refractivity contribution in [1.82, 2.24) is 9.78 Å². The quantitative estimate of drug-likeness (QED) is 0.673. The first-order chi connectivity index (χ1) is 14.7. The lowest BCUT2D eigenvalue weighted by molar-refractivity contribution is 0.0996. The van der Waals surface area contributed by atoms with E-state index in [1.54, 1.807) is 6.07 Å². The first-order valence-electron chi connectivity index (χ1n) is 11.4.